The number of benzene rings is 2. The molecule has 2 fully saturated rings. The number of hydrogen-bond acceptors (Lipinski definition) is 7. The van der Waals surface area contributed by atoms with Crippen LogP contribution in [0.4, 0.5) is 4.79 Å². The smallest absolute Gasteiger partial charge is 0.405 e. The van der Waals surface area contributed by atoms with Gasteiger partial charge in [0.2, 0.25) is 11.8 Å². The molecule has 13 nitrogen and oxygen atoms in total. The number of aromatic nitrogens is 3. The Morgan fingerprint density at radius 1 is 1.09 bits per heavy atom. The van der Waals surface area contributed by atoms with Gasteiger partial charge in [0.25, 0.3) is 0 Å². The van der Waals surface area contributed by atoms with E-state index in [0.29, 0.717) is 32.7 Å². The summed E-state index contributed by atoms with van der Waals surface area (Å²) in [6.07, 6.45) is 8.83. The van der Waals surface area contributed by atoms with Crippen LogP contribution in [0, 0.1) is 5.92 Å². The lowest BCUT2D eigenvalue weighted by Crippen LogP contribution is -2.50. The number of imidazole rings is 1. The number of rotatable bonds is 11. The van der Waals surface area contributed by atoms with Crippen LogP contribution in [-0.4, -0.2) is 84.8 Å². The maximum Gasteiger partial charge on any atom is 0.405 e. The second-order valence-corrected chi connectivity index (χ2v) is 15.0. The molecule has 0 saturated carbocycles. The number of ether oxygens (including phenoxy) is 1. The molecule has 2 aromatic heterocycles. The number of nitrogens with two attached hydrogens (primary N) is 1. The number of fused-ring (bicyclic) bond motifs is 5. The van der Waals surface area contributed by atoms with E-state index in [9.17, 15) is 19.5 Å². The summed E-state index contributed by atoms with van der Waals surface area (Å²) in [6.45, 7) is 9.55. The molecule has 3 aliphatic heterocycles. The Morgan fingerprint density at radius 2 is 1.89 bits per heavy atom. The van der Waals surface area contributed by atoms with Crippen LogP contribution in [0.2, 0.25) is 0 Å². The number of nitrogens with zero attached hydrogens (tertiary/aromatic N) is 5. The number of aliphatic imine (C=N–C) groups is 1. The zero-order chi connectivity index (χ0) is 38.1. The fraction of sp³-hybridized carbons (Fsp3) is 0.439. The van der Waals surface area contributed by atoms with E-state index < -0.39 is 18.2 Å². The Hall–Kier alpha value is -5.43. The van der Waals surface area contributed by atoms with Crippen molar-refractivity contribution in [3.05, 3.63) is 66.2 Å². The number of likely N-dealkylation sites (tertiary alicyclic amines) is 2. The molecule has 5 N–H and O–H groups in total. The molecule has 2 aromatic carbocycles. The molecule has 0 aliphatic carbocycles. The van der Waals surface area contributed by atoms with Crippen LogP contribution in [0.1, 0.15) is 83.6 Å². The molecule has 54 heavy (non-hydrogen) atoms. The van der Waals surface area contributed by atoms with Crippen molar-refractivity contribution < 1.29 is 24.2 Å². The van der Waals surface area contributed by atoms with Crippen LogP contribution in [0.15, 0.2) is 59.9 Å². The second kappa shape index (κ2) is 15.5. The highest BCUT2D eigenvalue weighted by atomic mass is 16.5. The standard InChI is InChI=1S/C41H50N8O5/c1-5-8-31(46-41(52)53)39(50)47-15-6-9-29(47)21-43-20-25(4)26-12-14-33-28(17-26)18-35-30-13-11-27(19-36(30)54-23-49(33)35)32-22-44-38(45-32)34-10-7-16-48(34)40(51)37(42)24(2)3/h11-14,17-22,24,29,31,34,37,46H,5-10,15-16,23,42H2,1-4H3,(H,44,45)(H,52,53)/b25-20+,43-21+/t29-,31+,34-,37-/m0/s1. The Morgan fingerprint density at radius 3 is 2.67 bits per heavy atom. The van der Waals surface area contributed by atoms with Crippen molar-refractivity contribution in [2.24, 2.45) is 16.6 Å². The van der Waals surface area contributed by atoms with Gasteiger partial charge in [-0.05, 0) is 86.4 Å². The highest BCUT2D eigenvalue weighted by Gasteiger charge is 2.36. The fourth-order valence-corrected chi connectivity index (χ4v) is 7.92. The van der Waals surface area contributed by atoms with E-state index in [1.165, 1.54) is 0 Å². The maximum atomic E-state index is 13.2. The number of allylic oxidation sites excluding steroid dienone is 1. The summed E-state index contributed by atoms with van der Waals surface area (Å²) < 4.78 is 8.48. The number of aromatic amines is 1. The molecule has 4 atom stereocenters. The highest BCUT2D eigenvalue weighted by Crippen LogP contribution is 2.41. The van der Waals surface area contributed by atoms with Gasteiger partial charge in [-0.25, -0.2) is 9.78 Å². The van der Waals surface area contributed by atoms with Crippen molar-refractivity contribution in [3.8, 4) is 28.3 Å². The Kier molecular flexibility index (Phi) is 10.6. The SMILES string of the molecule is CCC[C@@H](NC(=O)O)C(=O)N1CCC[C@H]1/C=N/C=C(\C)c1ccc2c(c1)cc1n2COc2cc(-c3cnc([C@@H]4CCCN4C(=O)[C@@H](N)C(C)C)[nH]3)ccc2-1. The first-order chi connectivity index (χ1) is 26.0. The topological polar surface area (TPSA) is 171 Å². The van der Waals surface area contributed by atoms with Gasteiger partial charge >= 0.3 is 6.09 Å². The number of carbonyl (C=O) groups is 3. The molecular formula is C41H50N8O5. The molecule has 3 amide bonds. The molecule has 4 aromatic rings. The van der Waals surface area contributed by atoms with E-state index in [4.69, 9.17) is 15.5 Å². The van der Waals surface area contributed by atoms with Crippen LogP contribution in [0.25, 0.3) is 39.0 Å². The van der Waals surface area contributed by atoms with E-state index in [-0.39, 0.29) is 29.8 Å². The Bertz CT molecular complexity index is 2110. The average Bonchev–Trinajstić information content (AvgIpc) is 3.99. The normalized spacial score (nSPS) is 19.6. The number of carboxylic acid groups (broad SMARTS) is 1. The zero-order valence-corrected chi connectivity index (χ0v) is 31.4. The van der Waals surface area contributed by atoms with E-state index in [2.05, 4.69) is 56.3 Å². The lowest BCUT2D eigenvalue weighted by atomic mass is 10.0. The summed E-state index contributed by atoms with van der Waals surface area (Å²) in [5.74, 6) is 1.43. The van der Waals surface area contributed by atoms with E-state index in [0.717, 1.165) is 81.8 Å². The summed E-state index contributed by atoms with van der Waals surface area (Å²) in [5.41, 5.74) is 13.2. The Labute approximate surface area is 315 Å². The van der Waals surface area contributed by atoms with Gasteiger partial charge in [-0.1, -0.05) is 39.3 Å². The summed E-state index contributed by atoms with van der Waals surface area (Å²) in [7, 11) is 0. The van der Waals surface area contributed by atoms with Gasteiger partial charge in [-0.15, -0.1) is 0 Å². The first kappa shape index (κ1) is 36.9. The van der Waals surface area contributed by atoms with Crippen LogP contribution in [0.5, 0.6) is 5.75 Å². The minimum Gasteiger partial charge on any atom is -0.472 e. The number of amides is 3. The number of hydrogen-bond donors (Lipinski definition) is 4. The minimum absolute atomic E-state index is 0.0224. The number of H-pyrrole nitrogens is 1. The van der Waals surface area contributed by atoms with Crippen molar-refractivity contribution in [2.75, 3.05) is 13.1 Å². The van der Waals surface area contributed by atoms with Gasteiger partial charge in [0.1, 0.15) is 17.6 Å². The highest BCUT2D eigenvalue weighted by molar-refractivity contribution is 5.92. The molecule has 0 bridgehead atoms. The van der Waals surface area contributed by atoms with E-state index >= 15 is 0 Å². The predicted molar refractivity (Wildman–Crippen MR) is 209 cm³/mol. The van der Waals surface area contributed by atoms with Crippen LogP contribution < -0.4 is 15.8 Å². The molecule has 2 saturated heterocycles. The van der Waals surface area contributed by atoms with Gasteiger partial charge in [-0.3, -0.25) is 14.6 Å². The predicted octanol–water partition coefficient (Wildman–Crippen LogP) is 6.55. The van der Waals surface area contributed by atoms with Crippen molar-refractivity contribution >= 4 is 40.6 Å². The molecule has 5 heterocycles. The molecule has 0 unspecified atom stereocenters. The third kappa shape index (κ3) is 7.24. The molecular weight excluding hydrogens is 685 g/mol. The lowest BCUT2D eigenvalue weighted by molar-refractivity contribution is -0.135. The van der Waals surface area contributed by atoms with Gasteiger partial charge in [0, 0.05) is 42.0 Å². The van der Waals surface area contributed by atoms with Gasteiger partial charge in [-0.2, -0.15) is 0 Å². The minimum atomic E-state index is -1.19. The zero-order valence-electron chi connectivity index (χ0n) is 31.4. The third-order valence-electron chi connectivity index (χ3n) is 11.0. The van der Waals surface area contributed by atoms with E-state index in [1.807, 2.05) is 51.1 Å². The first-order valence-electron chi connectivity index (χ1n) is 19.1. The number of carbonyl (C=O) groups excluding carboxylic acids is 2. The van der Waals surface area contributed by atoms with Gasteiger partial charge in [0.15, 0.2) is 6.73 Å². The molecule has 13 heteroatoms. The van der Waals surface area contributed by atoms with Crippen LogP contribution in [-0.2, 0) is 16.3 Å². The molecule has 284 valence electrons. The van der Waals surface area contributed by atoms with E-state index in [1.54, 1.807) is 11.1 Å². The molecule has 0 spiro atoms. The molecule has 0 radical (unpaired) electrons. The second-order valence-electron chi connectivity index (χ2n) is 15.0. The monoisotopic (exact) mass is 734 g/mol. The Balaban J connectivity index is 1.06. The van der Waals surface area contributed by atoms with Crippen molar-refractivity contribution in [3.63, 3.8) is 0 Å². The first-order valence-corrected chi connectivity index (χ1v) is 19.1. The van der Waals surface area contributed by atoms with Crippen molar-refractivity contribution in [1.29, 1.82) is 0 Å². The average molecular weight is 735 g/mol. The van der Waals surface area contributed by atoms with Gasteiger partial charge in [0.05, 0.1) is 41.2 Å². The van der Waals surface area contributed by atoms with Crippen LogP contribution >= 0.6 is 0 Å². The quantitative estimate of drug-likeness (QED) is 0.127. The third-order valence-corrected chi connectivity index (χ3v) is 11.0. The van der Waals surface area contributed by atoms with Crippen molar-refractivity contribution in [2.45, 2.75) is 97.1 Å². The summed E-state index contributed by atoms with van der Waals surface area (Å²) in [5, 5.41) is 12.7. The summed E-state index contributed by atoms with van der Waals surface area (Å²) in [6, 6.07) is 13.2. The van der Waals surface area contributed by atoms with Gasteiger partial charge < -0.3 is 40.2 Å². The fourth-order valence-electron chi connectivity index (χ4n) is 7.92. The van der Waals surface area contributed by atoms with Crippen LogP contribution in [0.3, 0.4) is 0 Å². The molecule has 3 aliphatic rings. The maximum absolute atomic E-state index is 13.2. The van der Waals surface area contributed by atoms with Crippen molar-refractivity contribution in [1.82, 2.24) is 29.7 Å². The largest absolute Gasteiger partial charge is 0.472 e. The summed E-state index contributed by atoms with van der Waals surface area (Å²) >= 11 is 0. The summed E-state index contributed by atoms with van der Waals surface area (Å²) in [4.78, 5) is 53.9. The molecule has 7 rings (SSSR count). The lowest BCUT2D eigenvalue weighted by Gasteiger charge is -2.27. The number of nitrogens with one attached hydrogen (secondary N) is 2.